The molecule has 5 aromatic rings. The fourth-order valence-corrected chi connectivity index (χ4v) is 5.49. The van der Waals surface area contributed by atoms with Gasteiger partial charge in [-0.2, -0.15) is 5.10 Å². The summed E-state index contributed by atoms with van der Waals surface area (Å²) < 4.78 is 4.19. The highest BCUT2D eigenvalue weighted by atomic mass is 35.5. The first-order valence-corrected chi connectivity index (χ1v) is 13.1. The molecule has 3 aromatic carbocycles. The van der Waals surface area contributed by atoms with Crippen molar-refractivity contribution in [2.45, 2.75) is 32.9 Å². The normalized spacial score (nSPS) is 14.5. The van der Waals surface area contributed by atoms with Crippen LogP contribution in [-0.2, 0) is 13.0 Å². The maximum Gasteiger partial charge on any atom is 0.322 e. The Labute approximate surface area is 227 Å². The van der Waals surface area contributed by atoms with Crippen LogP contribution in [0.15, 0.2) is 97.2 Å². The van der Waals surface area contributed by atoms with Crippen molar-refractivity contribution in [3.05, 3.63) is 130 Å². The summed E-state index contributed by atoms with van der Waals surface area (Å²) in [5, 5.41) is 8.68. The van der Waals surface area contributed by atoms with Gasteiger partial charge < -0.3 is 14.8 Å². The summed E-state index contributed by atoms with van der Waals surface area (Å²) in [5.74, 6) is 0.962. The molecular formula is C31H28ClN5O. The molecule has 7 heteroatoms. The molecule has 0 saturated heterocycles. The largest absolute Gasteiger partial charge is 0.322 e. The third kappa shape index (κ3) is 4.27. The van der Waals surface area contributed by atoms with E-state index in [2.05, 4.69) is 66.3 Å². The number of rotatable bonds is 4. The number of halogens is 1. The van der Waals surface area contributed by atoms with Gasteiger partial charge in [-0.1, -0.05) is 72.6 Å². The van der Waals surface area contributed by atoms with Gasteiger partial charge >= 0.3 is 6.03 Å². The van der Waals surface area contributed by atoms with Crippen molar-refractivity contribution in [1.82, 2.24) is 19.2 Å². The fourth-order valence-electron chi connectivity index (χ4n) is 5.30. The van der Waals surface area contributed by atoms with Crippen LogP contribution >= 0.6 is 11.6 Å². The number of carbonyl (C=O) groups excluding carboxylic acids is 1. The number of hydrogen-bond donors (Lipinski definition) is 1. The lowest BCUT2D eigenvalue weighted by Gasteiger charge is -2.31. The summed E-state index contributed by atoms with van der Waals surface area (Å²) in [6.45, 7) is 4.58. The zero-order valence-corrected chi connectivity index (χ0v) is 22.1. The summed E-state index contributed by atoms with van der Waals surface area (Å²) in [6.07, 6.45) is 2.81. The summed E-state index contributed by atoms with van der Waals surface area (Å²) in [5.41, 5.74) is 6.82. The van der Waals surface area contributed by atoms with Crippen LogP contribution in [-0.4, -0.2) is 25.3 Å². The first kappa shape index (κ1) is 24.1. The monoisotopic (exact) mass is 521 g/mol. The highest BCUT2D eigenvalue weighted by Crippen LogP contribution is 2.39. The predicted octanol–water partition coefficient (Wildman–Crippen LogP) is 7.32. The topological polar surface area (TPSA) is 55.1 Å². The second-order valence-corrected chi connectivity index (χ2v) is 9.97. The van der Waals surface area contributed by atoms with Crippen molar-refractivity contribution in [2.24, 2.45) is 0 Å². The second kappa shape index (κ2) is 9.88. The maximum atomic E-state index is 14.1. The zero-order chi connectivity index (χ0) is 26.2. The lowest BCUT2D eigenvalue weighted by molar-refractivity contribution is 0.194. The summed E-state index contributed by atoms with van der Waals surface area (Å²) in [7, 11) is 0. The summed E-state index contributed by atoms with van der Waals surface area (Å²) in [4.78, 5) is 16.0. The van der Waals surface area contributed by atoms with Crippen molar-refractivity contribution in [2.75, 3.05) is 5.32 Å². The molecule has 6 nitrogen and oxygen atoms in total. The number of carbonyl (C=O) groups is 1. The van der Waals surface area contributed by atoms with Crippen LogP contribution in [0, 0.1) is 6.92 Å². The Kier molecular flexibility index (Phi) is 6.26. The number of hydrogen-bond acceptors (Lipinski definition) is 2. The van der Waals surface area contributed by atoms with Gasteiger partial charge in [-0.15, -0.1) is 0 Å². The lowest BCUT2D eigenvalue weighted by atomic mass is 10.00. The van der Waals surface area contributed by atoms with Crippen LogP contribution in [0.5, 0.6) is 0 Å². The molecule has 190 valence electrons. The van der Waals surface area contributed by atoms with Crippen LogP contribution in [0.4, 0.5) is 10.5 Å². The van der Waals surface area contributed by atoms with E-state index in [0.29, 0.717) is 17.3 Å². The number of amides is 2. The minimum atomic E-state index is -0.314. The molecule has 1 unspecified atom stereocenters. The third-order valence-electron chi connectivity index (χ3n) is 7.00. The molecule has 2 amide bonds. The number of aromatic nitrogens is 3. The Balaban J connectivity index is 1.56. The van der Waals surface area contributed by atoms with E-state index in [-0.39, 0.29) is 12.1 Å². The Morgan fingerprint density at radius 2 is 1.82 bits per heavy atom. The van der Waals surface area contributed by atoms with Crippen molar-refractivity contribution >= 4 is 23.3 Å². The van der Waals surface area contributed by atoms with Crippen LogP contribution < -0.4 is 5.32 Å². The highest BCUT2D eigenvalue weighted by Gasteiger charge is 2.36. The molecule has 0 spiro atoms. The van der Waals surface area contributed by atoms with E-state index in [0.717, 1.165) is 46.0 Å². The van der Waals surface area contributed by atoms with Crippen LogP contribution in [0.3, 0.4) is 0 Å². The zero-order valence-electron chi connectivity index (χ0n) is 21.3. The molecule has 6 rings (SSSR count). The minimum Gasteiger partial charge on any atom is -0.308 e. The average molecular weight is 522 g/mol. The van der Waals surface area contributed by atoms with Gasteiger partial charge in [0.2, 0.25) is 0 Å². The van der Waals surface area contributed by atoms with Crippen LogP contribution in [0.25, 0.3) is 11.5 Å². The van der Waals surface area contributed by atoms with E-state index < -0.39 is 0 Å². The summed E-state index contributed by atoms with van der Waals surface area (Å²) in [6, 6.07) is 29.4. The number of anilines is 1. The van der Waals surface area contributed by atoms with E-state index in [9.17, 15) is 4.79 Å². The molecule has 1 aliphatic heterocycles. The van der Waals surface area contributed by atoms with E-state index in [1.807, 2.05) is 52.0 Å². The molecule has 0 bridgehead atoms. The predicted molar refractivity (Wildman–Crippen MR) is 151 cm³/mol. The van der Waals surface area contributed by atoms with Crippen molar-refractivity contribution in [1.29, 1.82) is 0 Å². The molecule has 1 N–H and O–H groups in total. The van der Waals surface area contributed by atoms with Crippen LogP contribution in [0.2, 0.25) is 5.02 Å². The van der Waals surface area contributed by atoms with E-state index in [1.165, 1.54) is 0 Å². The molecular weight excluding hydrogens is 494 g/mol. The first-order chi connectivity index (χ1) is 18.5. The number of fused-ring (bicyclic) bond motifs is 3. The number of aryl methyl sites for hydroxylation is 2. The van der Waals surface area contributed by atoms with Gasteiger partial charge in [-0.05, 0) is 61.4 Å². The van der Waals surface area contributed by atoms with Gasteiger partial charge in [0.05, 0.1) is 29.7 Å². The SMILES string of the molecule is CCc1nn(-c2ccccc2)c2c1CN(C(=O)Nc1cccc(Cl)c1)C(c1cccc(C)c1)c1cccn1-2. The lowest BCUT2D eigenvalue weighted by Crippen LogP contribution is -2.38. The van der Waals surface area contributed by atoms with Gasteiger partial charge in [0.15, 0.2) is 0 Å². The van der Waals surface area contributed by atoms with Gasteiger partial charge in [-0.25, -0.2) is 9.48 Å². The average Bonchev–Trinajstić information content (AvgIpc) is 3.50. The Morgan fingerprint density at radius 3 is 2.58 bits per heavy atom. The number of nitrogens with zero attached hydrogens (tertiary/aromatic N) is 4. The molecule has 2 aromatic heterocycles. The molecule has 0 aliphatic carbocycles. The van der Waals surface area contributed by atoms with E-state index >= 15 is 0 Å². The second-order valence-electron chi connectivity index (χ2n) is 9.54. The number of urea groups is 1. The Hall–Kier alpha value is -4.29. The first-order valence-electron chi connectivity index (χ1n) is 12.8. The van der Waals surface area contributed by atoms with Crippen LogP contribution in [0.1, 0.15) is 41.0 Å². The smallest absolute Gasteiger partial charge is 0.308 e. The van der Waals surface area contributed by atoms with Gasteiger partial charge in [0.1, 0.15) is 5.82 Å². The summed E-state index contributed by atoms with van der Waals surface area (Å²) >= 11 is 6.22. The number of benzene rings is 3. The molecule has 0 saturated carbocycles. The Morgan fingerprint density at radius 1 is 1.00 bits per heavy atom. The molecule has 1 atom stereocenters. The van der Waals surface area contributed by atoms with Crippen molar-refractivity contribution in [3.63, 3.8) is 0 Å². The molecule has 38 heavy (non-hydrogen) atoms. The van der Waals surface area contributed by atoms with Gasteiger partial charge in [0, 0.05) is 22.5 Å². The van der Waals surface area contributed by atoms with Crippen molar-refractivity contribution in [3.8, 4) is 11.5 Å². The molecule has 0 radical (unpaired) electrons. The maximum absolute atomic E-state index is 14.1. The molecule has 1 aliphatic rings. The van der Waals surface area contributed by atoms with E-state index in [4.69, 9.17) is 16.7 Å². The number of nitrogens with one attached hydrogen (secondary N) is 1. The number of para-hydroxylation sites is 1. The third-order valence-corrected chi connectivity index (χ3v) is 7.23. The Bertz CT molecular complexity index is 1620. The minimum absolute atomic E-state index is 0.200. The van der Waals surface area contributed by atoms with Crippen molar-refractivity contribution < 1.29 is 4.79 Å². The molecule has 0 fully saturated rings. The van der Waals surface area contributed by atoms with Gasteiger partial charge in [-0.3, -0.25) is 0 Å². The highest BCUT2D eigenvalue weighted by molar-refractivity contribution is 6.30. The van der Waals surface area contributed by atoms with E-state index in [1.54, 1.807) is 12.1 Å². The van der Waals surface area contributed by atoms with Gasteiger partial charge in [0.25, 0.3) is 0 Å². The standard InChI is InChI=1S/C31H28ClN5O/c1-3-27-26-20-36(31(38)33-24-13-8-12-23(32)19-24)29(22-11-7-10-21(2)18-22)28-16-9-17-35(28)30(26)37(34-27)25-14-5-4-6-15-25/h4-19,29H,3,20H2,1-2H3,(H,33,38). The fraction of sp³-hybridized carbons (Fsp3) is 0.161. The molecule has 3 heterocycles. The quantitative estimate of drug-likeness (QED) is 0.269.